The van der Waals surface area contributed by atoms with Gasteiger partial charge in [-0.15, -0.1) is 0 Å². The molecule has 2 aliphatic rings. The highest BCUT2D eigenvalue weighted by atomic mass is 19.4. The van der Waals surface area contributed by atoms with E-state index in [1.807, 2.05) is 6.26 Å². The summed E-state index contributed by atoms with van der Waals surface area (Å²) in [5, 5.41) is 0. The molecule has 1 aromatic heterocycles. The molecule has 0 spiro atoms. The molecule has 0 radical (unpaired) electrons. The number of fused-ring (bicyclic) bond motifs is 1. The van der Waals surface area contributed by atoms with Crippen molar-refractivity contribution >= 4 is 0 Å². The zero-order valence-corrected chi connectivity index (χ0v) is 14.8. The second kappa shape index (κ2) is 7.31. The Kier molecular flexibility index (Phi) is 4.86. The topological polar surface area (TPSA) is 38.2 Å². The maximum absolute atomic E-state index is 12.7. The molecular formula is C20H20F3N3O. The molecule has 0 fully saturated rings. The number of alkyl halides is 3. The number of aromatic nitrogens is 2. The van der Waals surface area contributed by atoms with E-state index in [1.54, 1.807) is 6.20 Å². The third-order valence-electron chi connectivity index (χ3n) is 4.92. The van der Waals surface area contributed by atoms with Crippen LogP contribution in [0.1, 0.15) is 29.7 Å². The van der Waals surface area contributed by atoms with Crippen molar-refractivity contribution in [3.63, 3.8) is 0 Å². The van der Waals surface area contributed by atoms with Gasteiger partial charge in [-0.05, 0) is 30.5 Å². The summed E-state index contributed by atoms with van der Waals surface area (Å²) in [6, 6.07) is 4.99. The van der Waals surface area contributed by atoms with Crippen LogP contribution in [0, 0.1) is 0 Å². The van der Waals surface area contributed by atoms with Crippen LogP contribution in [0.25, 0.3) is 11.4 Å². The first-order chi connectivity index (χ1) is 13.0. The van der Waals surface area contributed by atoms with Crippen molar-refractivity contribution in [3.8, 4) is 11.4 Å². The predicted octanol–water partition coefficient (Wildman–Crippen LogP) is 4.21. The third kappa shape index (κ3) is 4.13. The molecule has 0 atom stereocenters. The molecule has 4 rings (SSSR count). The summed E-state index contributed by atoms with van der Waals surface area (Å²) in [4.78, 5) is 11.3. The molecule has 142 valence electrons. The SMILES string of the molecule is FC(F)(F)c1ccc(-c2ncc3c(n2)CCN(CC2=COCCC2)C3)cc1. The van der Waals surface area contributed by atoms with E-state index in [1.165, 1.54) is 17.7 Å². The standard InChI is InChI=1S/C20H20F3N3O/c21-20(22,23)17-5-3-15(4-6-17)19-24-10-16-12-26(8-7-18(16)25-19)11-14-2-1-9-27-13-14/h3-6,10,13H,1-2,7-9,11-12H2. The van der Waals surface area contributed by atoms with E-state index in [2.05, 4.69) is 14.9 Å². The first-order valence-corrected chi connectivity index (χ1v) is 9.03. The van der Waals surface area contributed by atoms with Gasteiger partial charge in [-0.25, -0.2) is 9.97 Å². The fourth-order valence-corrected chi connectivity index (χ4v) is 3.48. The minimum Gasteiger partial charge on any atom is -0.501 e. The van der Waals surface area contributed by atoms with Gasteiger partial charge < -0.3 is 4.74 Å². The Labute approximate surface area is 155 Å². The zero-order valence-electron chi connectivity index (χ0n) is 14.8. The van der Waals surface area contributed by atoms with Crippen molar-refractivity contribution in [3.05, 3.63) is 59.1 Å². The summed E-state index contributed by atoms with van der Waals surface area (Å²) < 4.78 is 43.5. The van der Waals surface area contributed by atoms with Gasteiger partial charge in [-0.2, -0.15) is 13.2 Å². The van der Waals surface area contributed by atoms with Gasteiger partial charge in [0.1, 0.15) is 0 Å². The Morgan fingerprint density at radius 1 is 1.11 bits per heavy atom. The van der Waals surface area contributed by atoms with Crippen LogP contribution in [-0.4, -0.2) is 34.6 Å². The van der Waals surface area contributed by atoms with Crippen LogP contribution in [-0.2, 0) is 23.9 Å². The van der Waals surface area contributed by atoms with Gasteiger partial charge in [0.15, 0.2) is 5.82 Å². The summed E-state index contributed by atoms with van der Waals surface area (Å²) in [5.41, 5.74) is 3.30. The summed E-state index contributed by atoms with van der Waals surface area (Å²) >= 11 is 0. The van der Waals surface area contributed by atoms with E-state index in [0.29, 0.717) is 11.4 Å². The summed E-state index contributed by atoms with van der Waals surface area (Å²) in [6.07, 6.45) is 2.29. The average Bonchev–Trinajstić information content (AvgIpc) is 2.68. The van der Waals surface area contributed by atoms with Gasteiger partial charge in [-0.3, -0.25) is 4.90 Å². The molecule has 27 heavy (non-hydrogen) atoms. The van der Waals surface area contributed by atoms with E-state index < -0.39 is 11.7 Å². The quantitative estimate of drug-likeness (QED) is 0.805. The lowest BCUT2D eigenvalue weighted by atomic mass is 10.0. The molecule has 0 bridgehead atoms. The largest absolute Gasteiger partial charge is 0.501 e. The molecule has 0 amide bonds. The van der Waals surface area contributed by atoms with Crippen LogP contribution < -0.4 is 0 Å². The second-order valence-electron chi connectivity index (χ2n) is 6.95. The highest BCUT2D eigenvalue weighted by Crippen LogP contribution is 2.30. The average molecular weight is 375 g/mol. The van der Waals surface area contributed by atoms with Crippen molar-refractivity contribution in [2.24, 2.45) is 0 Å². The van der Waals surface area contributed by atoms with E-state index in [-0.39, 0.29) is 0 Å². The van der Waals surface area contributed by atoms with E-state index >= 15 is 0 Å². The normalized spacial score (nSPS) is 17.8. The molecule has 4 nitrogen and oxygen atoms in total. The molecule has 7 heteroatoms. The summed E-state index contributed by atoms with van der Waals surface area (Å²) in [5.74, 6) is 0.472. The lowest BCUT2D eigenvalue weighted by Gasteiger charge is -2.29. The molecule has 0 N–H and O–H groups in total. The monoisotopic (exact) mass is 375 g/mol. The van der Waals surface area contributed by atoms with Crippen LogP contribution in [0.3, 0.4) is 0 Å². The number of hydrogen-bond donors (Lipinski definition) is 0. The Balaban J connectivity index is 1.48. The number of ether oxygens (including phenoxy) is 1. The van der Waals surface area contributed by atoms with Gasteiger partial charge in [-0.1, -0.05) is 12.1 Å². The zero-order chi connectivity index (χ0) is 18.9. The Bertz CT molecular complexity index is 847. The van der Waals surface area contributed by atoms with Crippen molar-refractivity contribution < 1.29 is 17.9 Å². The number of benzene rings is 1. The highest BCUT2D eigenvalue weighted by Gasteiger charge is 2.30. The summed E-state index contributed by atoms with van der Waals surface area (Å²) in [7, 11) is 0. The van der Waals surface area contributed by atoms with E-state index in [4.69, 9.17) is 4.74 Å². The van der Waals surface area contributed by atoms with E-state index in [0.717, 1.165) is 68.9 Å². The summed E-state index contributed by atoms with van der Waals surface area (Å²) in [6.45, 7) is 3.36. The fraction of sp³-hybridized carbons (Fsp3) is 0.400. The van der Waals surface area contributed by atoms with Crippen molar-refractivity contribution in [1.82, 2.24) is 14.9 Å². The molecule has 1 aromatic carbocycles. The minimum atomic E-state index is -4.34. The molecule has 0 aliphatic carbocycles. The lowest BCUT2D eigenvalue weighted by Crippen LogP contribution is -2.33. The lowest BCUT2D eigenvalue weighted by molar-refractivity contribution is -0.137. The molecule has 0 saturated carbocycles. The maximum Gasteiger partial charge on any atom is 0.416 e. The molecule has 2 aromatic rings. The van der Waals surface area contributed by atoms with Gasteiger partial charge >= 0.3 is 6.18 Å². The van der Waals surface area contributed by atoms with Crippen LogP contribution >= 0.6 is 0 Å². The minimum absolute atomic E-state index is 0.472. The predicted molar refractivity (Wildman–Crippen MR) is 94.7 cm³/mol. The third-order valence-corrected chi connectivity index (χ3v) is 4.92. The van der Waals surface area contributed by atoms with Crippen molar-refractivity contribution in [2.75, 3.05) is 19.7 Å². The Hall–Kier alpha value is -2.41. The Morgan fingerprint density at radius 3 is 2.63 bits per heavy atom. The van der Waals surface area contributed by atoms with Crippen LogP contribution in [0.4, 0.5) is 13.2 Å². The maximum atomic E-state index is 12.7. The second-order valence-corrected chi connectivity index (χ2v) is 6.95. The number of halogens is 3. The first kappa shape index (κ1) is 18.0. The van der Waals surface area contributed by atoms with Gasteiger partial charge in [0.05, 0.1) is 24.1 Å². The molecule has 0 unspecified atom stereocenters. The van der Waals surface area contributed by atoms with Crippen LogP contribution in [0.15, 0.2) is 42.3 Å². The Morgan fingerprint density at radius 2 is 1.93 bits per heavy atom. The van der Waals surface area contributed by atoms with E-state index in [9.17, 15) is 13.2 Å². The number of nitrogens with zero attached hydrogens (tertiary/aromatic N) is 3. The molecule has 3 heterocycles. The molecule has 0 saturated heterocycles. The number of hydrogen-bond acceptors (Lipinski definition) is 4. The van der Waals surface area contributed by atoms with Crippen molar-refractivity contribution in [1.29, 1.82) is 0 Å². The smallest absolute Gasteiger partial charge is 0.416 e. The van der Waals surface area contributed by atoms with Gasteiger partial charge in [0.2, 0.25) is 0 Å². The molecule has 2 aliphatic heterocycles. The fourth-order valence-electron chi connectivity index (χ4n) is 3.48. The van der Waals surface area contributed by atoms with Gasteiger partial charge in [0, 0.05) is 43.4 Å². The van der Waals surface area contributed by atoms with Crippen molar-refractivity contribution in [2.45, 2.75) is 32.0 Å². The van der Waals surface area contributed by atoms with Crippen LogP contribution in [0.2, 0.25) is 0 Å². The molecular weight excluding hydrogens is 355 g/mol. The van der Waals surface area contributed by atoms with Crippen LogP contribution in [0.5, 0.6) is 0 Å². The highest BCUT2D eigenvalue weighted by molar-refractivity contribution is 5.56. The first-order valence-electron chi connectivity index (χ1n) is 9.03. The number of rotatable bonds is 3. The van der Waals surface area contributed by atoms with Gasteiger partial charge in [0.25, 0.3) is 0 Å².